The Hall–Kier alpha value is -1.78. The molecule has 4 rings (SSSR count). The van der Waals surface area contributed by atoms with Crippen LogP contribution in [0.3, 0.4) is 0 Å². The summed E-state index contributed by atoms with van der Waals surface area (Å²) in [5.41, 5.74) is 6.85. The largest absolute Gasteiger partial charge is 0.382 e. The van der Waals surface area contributed by atoms with Gasteiger partial charge >= 0.3 is 0 Å². The number of ether oxygens (including phenoxy) is 4. The van der Waals surface area contributed by atoms with Crippen molar-refractivity contribution < 1.29 is 24.1 Å². The third kappa shape index (κ3) is 2.13. The molecule has 1 unspecified atom stereocenters. The van der Waals surface area contributed by atoms with Gasteiger partial charge in [-0.15, -0.1) is 0 Å². The number of hydrogen-bond donors (Lipinski definition) is 2. The van der Waals surface area contributed by atoms with Crippen molar-refractivity contribution in [2.24, 2.45) is 0 Å². The van der Waals surface area contributed by atoms with Gasteiger partial charge in [0.15, 0.2) is 11.6 Å². The zero-order valence-electron chi connectivity index (χ0n) is 13.7. The molecule has 3 N–H and O–H groups in total. The molecular weight excluding hydrogens is 316 g/mol. The summed E-state index contributed by atoms with van der Waals surface area (Å²) in [5, 5.41) is 15.5. The molecule has 9 heteroatoms. The standard InChI is InChI=1S/C15H20N4O5/c1-14(2)23-11-9(6-21-3)22-15(20,12(11)24-14)10-5-4-8-13(16)17-7-18-19(8)10/h4-5,7,9,11-12,20H,6H2,1-3H3,(H2,16,17,18)/t9-,11-,12-,15?/m1/s1. The Morgan fingerprint density at radius 3 is 2.88 bits per heavy atom. The first-order chi connectivity index (χ1) is 11.4. The van der Waals surface area contributed by atoms with Crippen LogP contribution in [0.1, 0.15) is 19.5 Å². The van der Waals surface area contributed by atoms with E-state index < -0.39 is 29.9 Å². The smallest absolute Gasteiger partial charge is 0.240 e. The van der Waals surface area contributed by atoms with Gasteiger partial charge in [-0.3, -0.25) is 0 Å². The fourth-order valence-corrected chi connectivity index (χ4v) is 3.45. The van der Waals surface area contributed by atoms with Gasteiger partial charge in [-0.25, -0.2) is 9.50 Å². The van der Waals surface area contributed by atoms with Gasteiger partial charge in [-0.1, -0.05) is 0 Å². The Morgan fingerprint density at radius 2 is 2.12 bits per heavy atom. The second kappa shape index (κ2) is 5.11. The fourth-order valence-electron chi connectivity index (χ4n) is 3.45. The predicted molar refractivity (Wildman–Crippen MR) is 81.9 cm³/mol. The van der Waals surface area contributed by atoms with E-state index in [0.717, 1.165) is 0 Å². The first kappa shape index (κ1) is 15.7. The number of fused-ring (bicyclic) bond motifs is 2. The molecule has 2 aromatic rings. The van der Waals surface area contributed by atoms with Gasteiger partial charge < -0.3 is 29.8 Å². The highest BCUT2D eigenvalue weighted by Gasteiger charge is 2.64. The summed E-state index contributed by atoms with van der Waals surface area (Å²) in [7, 11) is 1.57. The first-order valence-corrected chi connectivity index (χ1v) is 7.69. The van der Waals surface area contributed by atoms with Gasteiger partial charge in [0.05, 0.1) is 6.61 Å². The number of nitrogens with two attached hydrogens (primary N) is 1. The average Bonchev–Trinajstić information content (AvgIpc) is 3.14. The molecule has 0 saturated carbocycles. The van der Waals surface area contributed by atoms with Gasteiger partial charge in [-0.05, 0) is 26.0 Å². The normalized spacial score (nSPS) is 34.8. The second-order valence-electron chi connectivity index (χ2n) is 6.49. The molecule has 0 aromatic carbocycles. The Bertz CT molecular complexity index is 778. The number of nitrogen functional groups attached to an aromatic ring is 1. The minimum Gasteiger partial charge on any atom is -0.382 e. The summed E-state index contributed by atoms with van der Waals surface area (Å²) < 4.78 is 24.4. The summed E-state index contributed by atoms with van der Waals surface area (Å²) in [6.45, 7) is 3.86. The van der Waals surface area contributed by atoms with E-state index in [1.165, 1.54) is 10.8 Å². The van der Waals surface area contributed by atoms with E-state index in [4.69, 9.17) is 24.7 Å². The lowest BCUT2D eigenvalue weighted by Gasteiger charge is -2.29. The summed E-state index contributed by atoms with van der Waals surface area (Å²) in [6, 6.07) is 3.42. The van der Waals surface area contributed by atoms with Crippen LogP contribution in [0.5, 0.6) is 0 Å². The van der Waals surface area contributed by atoms with Crippen molar-refractivity contribution in [2.75, 3.05) is 19.5 Å². The molecule has 0 bridgehead atoms. The molecule has 2 aliphatic rings. The van der Waals surface area contributed by atoms with E-state index in [1.54, 1.807) is 33.1 Å². The summed E-state index contributed by atoms with van der Waals surface area (Å²) in [6.07, 6.45) is -0.336. The van der Waals surface area contributed by atoms with E-state index in [-0.39, 0.29) is 6.61 Å². The lowest BCUT2D eigenvalue weighted by molar-refractivity contribution is -0.286. The summed E-state index contributed by atoms with van der Waals surface area (Å²) >= 11 is 0. The van der Waals surface area contributed by atoms with E-state index in [9.17, 15) is 5.11 Å². The molecule has 4 heterocycles. The quantitative estimate of drug-likeness (QED) is 0.806. The van der Waals surface area contributed by atoms with Crippen LogP contribution < -0.4 is 5.73 Å². The minimum atomic E-state index is -1.74. The lowest BCUT2D eigenvalue weighted by atomic mass is 10.0. The molecule has 2 aromatic heterocycles. The number of nitrogens with zero attached hydrogens (tertiary/aromatic N) is 3. The van der Waals surface area contributed by atoms with Crippen LogP contribution in [0.2, 0.25) is 0 Å². The Morgan fingerprint density at radius 1 is 1.33 bits per heavy atom. The van der Waals surface area contributed by atoms with Gasteiger partial charge in [-0.2, -0.15) is 5.10 Å². The van der Waals surface area contributed by atoms with Gasteiger partial charge in [0, 0.05) is 7.11 Å². The van der Waals surface area contributed by atoms with Crippen molar-refractivity contribution in [1.29, 1.82) is 0 Å². The van der Waals surface area contributed by atoms with Crippen molar-refractivity contribution in [3.63, 3.8) is 0 Å². The van der Waals surface area contributed by atoms with Gasteiger partial charge in [0.25, 0.3) is 0 Å². The Kier molecular flexibility index (Phi) is 3.35. The van der Waals surface area contributed by atoms with Crippen molar-refractivity contribution in [3.8, 4) is 0 Å². The van der Waals surface area contributed by atoms with Crippen LogP contribution in [0.25, 0.3) is 5.52 Å². The van der Waals surface area contributed by atoms with Gasteiger partial charge in [0.2, 0.25) is 5.79 Å². The molecule has 130 valence electrons. The third-order valence-electron chi connectivity index (χ3n) is 4.39. The van der Waals surface area contributed by atoms with Crippen LogP contribution in [0, 0.1) is 0 Å². The molecule has 0 aliphatic carbocycles. The van der Waals surface area contributed by atoms with E-state index in [1.807, 2.05) is 0 Å². The van der Waals surface area contributed by atoms with Crippen LogP contribution in [-0.2, 0) is 24.7 Å². The first-order valence-electron chi connectivity index (χ1n) is 7.69. The minimum absolute atomic E-state index is 0.267. The highest BCUT2D eigenvalue weighted by Crippen LogP contribution is 2.47. The summed E-state index contributed by atoms with van der Waals surface area (Å²) in [5.74, 6) is -2.26. The lowest BCUT2D eigenvalue weighted by Crippen LogP contribution is -2.41. The van der Waals surface area contributed by atoms with Crippen molar-refractivity contribution >= 4 is 11.3 Å². The zero-order valence-corrected chi connectivity index (χ0v) is 13.7. The molecule has 0 radical (unpaired) electrons. The molecule has 0 spiro atoms. The molecule has 24 heavy (non-hydrogen) atoms. The number of rotatable bonds is 3. The number of anilines is 1. The maximum atomic E-state index is 11.3. The SMILES string of the molecule is COC[C@H]1OC(O)(c2ccc3c(N)ncnn23)[C@@H]2OC(C)(C)O[C@@H]21. The molecular formula is C15H20N4O5. The molecule has 2 saturated heterocycles. The number of aliphatic hydroxyl groups is 1. The zero-order chi connectivity index (χ0) is 17.1. The highest BCUT2D eigenvalue weighted by molar-refractivity contribution is 5.65. The van der Waals surface area contributed by atoms with Crippen LogP contribution in [0.15, 0.2) is 18.5 Å². The highest BCUT2D eigenvalue weighted by atomic mass is 16.8. The number of hydrogen-bond acceptors (Lipinski definition) is 8. The van der Waals surface area contributed by atoms with Crippen LogP contribution >= 0.6 is 0 Å². The second-order valence-corrected chi connectivity index (χ2v) is 6.49. The van der Waals surface area contributed by atoms with Crippen LogP contribution in [0.4, 0.5) is 5.82 Å². The maximum absolute atomic E-state index is 11.3. The molecule has 4 atom stereocenters. The van der Waals surface area contributed by atoms with Crippen molar-refractivity contribution in [2.45, 2.75) is 43.7 Å². The van der Waals surface area contributed by atoms with Crippen LogP contribution in [-0.4, -0.2) is 57.5 Å². The average molecular weight is 336 g/mol. The fraction of sp³-hybridized carbons (Fsp3) is 0.600. The predicted octanol–water partition coefficient (Wildman–Crippen LogP) is 0.0219. The molecule has 9 nitrogen and oxygen atoms in total. The van der Waals surface area contributed by atoms with E-state index >= 15 is 0 Å². The maximum Gasteiger partial charge on any atom is 0.240 e. The molecule has 2 fully saturated rings. The molecule has 2 aliphatic heterocycles. The number of methoxy groups -OCH3 is 1. The number of aromatic nitrogens is 3. The monoisotopic (exact) mass is 336 g/mol. The topological polar surface area (TPSA) is 113 Å². The Balaban J connectivity index is 1.81. The third-order valence-corrected chi connectivity index (χ3v) is 4.39. The Labute approximate surface area is 138 Å². The molecule has 0 amide bonds. The summed E-state index contributed by atoms with van der Waals surface area (Å²) in [4.78, 5) is 3.95. The van der Waals surface area contributed by atoms with E-state index in [0.29, 0.717) is 17.0 Å². The van der Waals surface area contributed by atoms with E-state index in [2.05, 4.69) is 10.1 Å². The van der Waals surface area contributed by atoms with Crippen molar-refractivity contribution in [3.05, 3.63) is 24.2 Å². The van der Waals surface area contributed by atoms with Crippen molar-refractivity contribution in [1.82, 2.24) is 14.6 Å². The van der Waals surface area contributed by atoms with Gasteiger partial charge in [0.1, 0.15) is 35.8 Å².